The van der Waals surface area contributed by atoms with Gasteiger partial charge in [0.05, 0.1) is 7.11 Å². The summed E-state index contributed by atoms with van der Waals surface area (Å²) in [6, 6.07) is 7.05. The van der Waals surface area contributed by atoms with E-state index < -0.39 is 10.8 Å². The van der Waals surface area contributed by atoms with Gasteiger partial charge in [-0.25, -0.2) is 0 Å². The van der Waals surface area contributed by atoms with Crippen molar-refractivity contribution in [3.63, 3.8) is 0 Å². The van der Waals surface area contributed by atoms with Crippen LogP contribution in [0.2, 0.25) is 0 Å². The minimum atomic E-state index is -0.638. The molecule has 24 heavy (non-hydrogen) atoms. The Kier molecular flexibility index (Phi) is 5.63. The van der Waals surface area contributed by atoms with Gasteiger partial charge in [-0.1, -0.05) is 0 Å². The summed E-state index contributed by atoms with van der Waals surface area (Å²) in [6.45, 7) is -0.140. The van der Waals surface area contributed by atoms with Crippen molar-refractivity contribution in [1.82, 2.24) is 20.4 Å². The Morgan fingerprint density at radius 3 is 2.67 bits per heavy atom. The number of imidazole rings is 1. The fourth-order valence-electron chi connectivity index (χ4n) is 1.70. The van der Waals surface area contributed by atoms with Crippen molar-refractivity contribution in [3.05, 3.63) is 46.9 Å². The third-order valence-corrected chi connectivity index (χ3v) is 3.00. The van der Waals surface area contributed by atoms with Gasteiger partial charge in [0.2, 0.25) is 6.33 Å². The van der Waals surface area contributed by atoms with Crippen LogP contribution in [0, 0.1) is 10.1 Å². The van der Waals surface area contributed by atoms with Gasteiger partial charge in [0.25, 0.3) is 5.91 Å². The summed E-state index contributed by atoms with van der Waals surface area (Å²) in [7, 11) is 1.57. The molecule has 0 saturated carbocycles. The van der Waals surface area contributed by atoms with Crippen LogP contribution >= 0.6 is 12.2 Å². The van der Waals surface area contributed by atoms with E-state index in [1.807, 2.05) is 0 Å². The number of nitrogens with one attached hydrogen (secondary N) is 3. The monoisotopic (exact) mass is 350 g/mol. The quantitative estimate of drug-likeness (QED) is 0.411. The van der Waals surface area contributed by atoms with E-state index in [1.54, 1.807) is 31.4 Å². The number of hydrazine groups is 1. The molecule has 0 fully saturated rings. The number of aromatic nitrogens is 2. The lowest BCUT2D eigenvalue weighted by molar-refractivity contribution is -0.389. The van der Waals surface area contributed by atoms with Crippen molar-refractivity contribution in [2.24, 2.45) is 0 Å². The van der Waals surface area contributed by atoms with Crippen LogP contribution in [-0.2, 0) is 11.3 Å². The van der Waals surface area contributed by atoms with Crippen LogP contribution in [0.3, 0.4) is 0 Å². The molecule has 0 atom stereocenters. The first-order valence-corrected chi connectivity index (χ1v) is 7.05. The first-order chi connectivity index (χ1) is 11.5. The molecule has 0 saturated heterocycles. The van der Waals surface area contributed by atoms with Gasteiger partial charge in [-0.3, -0.25) is 15.6 Å². The third-order valence-electron chi connectivity index (χ3n) is 2.80. The van der Waals surface area contributed by atoms with Crippen molar-refractivity contribution in [1.29, 1.82) is 0 Å². The zero-order chi connectivity index (χ0) is 17.5. The van der Waals surface area contributed by atoms with Gasteiger partial charge in [0.1, 0.15) is 18.5 Å². The molecule has 2 aromatic rings. The van der Waals surface area contributed by atoms with Gasteiger partial charge >= 0.3 is 5.82 Å². The molecule has 11 heteroatoms. The maximum Gasteiger partial charge on any atom is 0.381 e. The fourth-order valence-corrected chi connectivity index (χ4v) is 1.87. The minimum Gasteiger partial charge on any atom is -0.497 e. The van der Waals surface area contributed by atoms with Crippen molar-refractivity contribution in [2.75, 3.05) is 12.4 Å². The molecule has 0 radical (unpaired) electrons. The number of rotatable bonds is 5. The van der Waals surface area contributed by atoms with Crippen molar-refractivity contribution in [3.8, 4) is 5.75 Å². The highest BCUT2D eigenvalue weighted by Crippen LogP contribution is 2.14. The summed E-state index contributed by atoms with van der Waals surface area (Å²) in [6.07, 6.45) is 2.36. The summed E-state index contributed by atoms with van der Waals surface area (Å²) in [5.74, 6) is -0.0595. The summed E-state index contributed by atoms with van der Waals surface area (Å²) in [5.41, 5.74) is 5.62. The lowest BCUT2D eigenvalue weighted by Crippen LogP contribution is -2.44. The number of anilines is 1. The molecule has 0 aliphatic heterocycles. The number of nitro groups is 1. The van der Waals surface area contributed by atoms with Gasteiger partial charge in [0.15, 0.2) is 5.11 Å². The number of benzene rings is 1. The Morgan fingerprint density at radius 1 is 1.38 bits per heavy atom. The number of hydrogen-bond donors (Lipinski definition) is 3. The number of nitrogens with zero attached hydrogens (tertiary/aromatic N) is 3. The Bertz CT molecular complexity index is 745. The number of carbonyl (C=O) groups is 1. The number of methoxy groups -OCH3 is 1. The van der Waals surface area contributed by atoms with Crippen LogP contribution < -0.4 is 20.9 Å². The number of hydrogen-bond acceptors (Lipinski definition) is 6. The minimum absolute atomic E-state index is 0.140. The average molecular weight is 350 g/mol. The van der Waals surface area contributed by atoms with Crippen LogP contribution in [0.15, 0.2) is 36.8 Å². The first kappa shape index (κ1) is 17.1. The zero-order valence-corrected chi connectivity index (χ0v) is 13.4. The molecular weight excluding hydrogens is 336 g/mol. The topological polar surface area (TPSA) is 123 Å². The second-order valence-electron chi connectivity index (χ2n) is 4.52. The number of carbonyl (C=O) groups excluding carboxylic acids is 1. The molecule has 10 nitrogen and oxygen atoms in total. The Hall–Kier alpha value is -3.21. The van der Waals surface area contributed by atoms with E-state index in [-0.39, 0.29) is 17.5 Å². The van der Waals surface area contributed by atoms with Gasteiger partial charge in [-0.05, 0) is 46.4 Å². The fraction of sp³-hybridized carbons (Fsp3) is 0.154. The average Bonchev–Trinajstić information content (AvgIpc) is 3.02. The summed E-state index contributed by atoms with van der Waals surface area (Å²) in [4.78, 5) is 25.2. The lowest BCUT2D eigenvalue weighted by atomic mass is 10.3. The highest BCUT2D eigenvalue weighted by molar-refractivity contribution is 7.80. The molecule has 1 aromatic heterocycles. The van der Waals surface area contributed by atoms with Crippen LogP contribution in [0.4, 0.5) is 11.5 Å². The number of ether oxygens (including phenoxy) is 1. The van der Waals surface area contributed by atoms with Crippen LogP contribution in [0.5, 0.6) is 5.75 Å². The summed E-state index contributed by atoms with van der Waals surface area (Å²) >= 11 is 5.04. The molecule has 1 heterocycles. The highest BCUT2D eigenvalue weighted by atomic mass is 32.1. The maximum atomic E-state index is 11.7. The largest absolute Gasteiger partial charge is 0.497 e. The number of thiocarbonyl (C=S) groups is 1. The first-order valence-electron chi connectivity index (χ1n) is 6.64. The normalized spacial score (nSPS) is 9.88. The Morgan fingerprint density at radius 2 is 2.08 bits per heavy atom. The van der Waals surface area contributed by atoms with Gasteiger partial charge in [0, 0.05) is 5.69 Å². The van der Waals surface area contributed by atoms with Crippen molar-refractivity contribution < 1.29 is 14.5 Å². The molecule has 1 amide bonds. The molecule has 0 aliphatic rings. The molecule has 0 bridgehead atoms. The molecule has 3 N–H and O–H groups in total. The Balaban J connectivity index is 1.77. The van der Waals surface area contributed by atoms with Gasteiger partial charge in [-0.15, -0.1) is 0 Å². The van der Waals surface area contributed by atoms with Crippen LogP contribution in [-0.4, -0.2) is 32.6 Å². The van der Waals surface area contributed by atoms with E-state index in [0.29, 0.717) is 11.4 Å². The maximum absolute atomic E-state index is 11.7. The van der Waals surface area contributed by atoms with E-state index >= 15 is 0 Å². The number of amides is 1. The molecule has 0 aliphatic carbocycles. The standard InChI is InChI=1S/C13H14N6O4S/c1-23-10-4-2-9(3-5-10)15-13(24)17-16-12(20)7-18-6-11(14-8-18)19(21)22/h2-6,8H,7H2,1H3,(H,16,20)(H2,15,17,24). The van der Waals surface area contributed by atoms with Gasteiger partial charge < -0.3 is 24.7 Å². The second-order valence-corrected chi connectivity index (χ2v) is 4.93. The van der Waals surface area contributed by atoms with Crippen LogP contribution in [0.1, 0.15) is 0 Å². The van der Waals surface area contributed by atoms with E-state index in [1.165, 1.54) is 10.9 Å². The summed E-state index contributed by atoms with van der Waals surface area (Å²) in [5, 5.41) is 13.6. The molecule has 0 spiro atoms. The van der Waals surface area contributed by atoms with Crippen molar-refractivity contribution in [2.45, 2.75) is 6.54 Å². The van der Waals surface area contributed by atoms with E-state index in [4.69, 9.17) is 17.0 Å². The molecular formula is C13H14N6O4S. The highest BCUT2D eigenvalue weighted by Gasteiger charge is 2.12. The van der Waals surface area contributed by atoms with Gasteiger partial charge in [-0.2, -0.15) is 0 Å². The van der Waals surface area contributed by atoms with Crippen LogP contribution in [0.25, 0.3) is 0 Å². The predicted molar refractivity (Wildman–Crippen MR) is 89.4 cm³/mol. The van der Waals surface area contributed by atoms with Crippen molar-refractivity contribution >= 4 is 34.7 Å². The lowest BCUT2D eigenvalue weighted by Gasteiger charge is -2.11. The van der Waals surface area contributed by atoms with E-state index in [2.05, 4.69) is 21.2 Å². The molecule has 2 rings (SSSR count). The SMILES string of the molecule is COc1ccc(NC(=S)NNC(=O)Cn2cnc([N+](=O)[O-])c2)cc1. The molecule has 1 aromatic carbocycles. The summed E-state index contributed by atoms with van der Waals surface area (Å²) < 4.78 is 6.33. The zero-order valence-electron chi connectivity index (χ0n) is 12.6. The van der Waals surface area contributed by atoms with E-state index in [9.17, 15) is 14.9 Å². The predicted octanol–water partition coefficient (Wildman–Crippen LogP) is 0.818. The molecule has 126 valence electrons. The third kappa shape index (κ3) is 4.91. The molecule has 0 unspecified atom stereocenters. The second kappa shape index (κ2) is 7.87. The smallest absolute Gasteiger partial charge is 0.381 e. The van der Waals surface area contributed by atoms with E-state index in [0.717, 1.165) is 6.20 Å². The Labute approximate surface area is 141 Å².